The minimum Gasteiger partial charge on any atom is -0.414 e. The molecule has 3 saturated carbocycles. The van der Waals surface area contributed by atoms with Crippen LogP contribution < -0.4 is 0 Å². The van der Waals surface area contributed by atoms with E-state index in [9.17, 15) is 0 Å². The third-order valence-electron chi connectivity index (χ3n) is 10.3. The van der Waals surface area contributed by atoms with E-state index >= 15 is 0 Å². The van der Waals surface area contributed by atoms with Crippen molar-refractivity contribution in [3.63, 3.8) is 0 Å². The lowest BCUT2D eigenvalue weighted by atomic mass is 9.46. The molecule has 3 nitrogen and oxygen atoms in total. The minimum absolute atomic E-state index is 0.156. The standard InChI is InChI=1S/C30H58O3Si3/c1-13-24-27(32-35(7,8)9)20-26-23-15-14-21-18-22(31-34(4,5)6)19-28(33-36(10,11)12)30(21,3)25(23)16-17-29(24,26)2/h14,22-28H,13,15-20H2,1-12H3/t22?,23?,24-,25?,26?,27?,28?,29+,30-/m0/s1. The van der Waals surface area contributed by atoms with E-state index in [1.54, 1.807) is 5.57 Å². The molecule has 0 aromatic rings. The Morgan fingerprint density at radius 1 is 0.833 bits per heavy atom. The Balaban J connectivity index is 1.68. The van der Waals surface area contributed by atoms with Crippen molar-refractivity contribution in [2.45, 2.75) is 143 Å². The van der Waals surface area contributed by atoms with E-state index in [2.05, 4.69) is 85.8 Å². The third-order valence-corrected chi connectivity index (χ3v) is 13.4. The largest absolute Gasteiger partial charge is 0.414 e. The summed E-state index contributed by atoms with van der Waals surface area (Å²) in [5, 5.41) is 0. The maximum Gasteiger partial charge on any atom is 0.184 e. The molecule has 3 fully saturated rings. The zero-order valence-electron chi connectivity index (χ0n) is 25.8. The highest BCUT2D eigenvalue weighted by Gasteiger charge is 2.63. The Kier molecular flexibility index (Phi) is 7.90. The maximum atomic E-state index is 7.12. The Bertz CT molecular complexity index is 838. The SMILES string of the molecule is CC[C@H]1C(O[Si](C)(C)C)CC2C3CC=C4CC(O[Si](C)(C)C)CC(O[Si](C)(C)C)[C@]4(C)C3CC[C@@]21C. The summed E-state index contributed by atoms with van der Waals surface area (Å²) in [5.74, 6) is 2.99. The average Bonchev–Trinajstić information content (AvgIpc) is 2.96. The van der Waals surface area contributed by atoms with Gasteiger partial charge in [-0.25, -0.2) is 0 Å². The molecule has 0 aliphatic heterocycles. The van der Waals surface area contributed by atoms with E-state index < -0.39 is 25.0 Å². The van der Waals surface area contributed by atoms with Crippen molar-refractivity contribution in [3.05, 3.63) is 11.6 Å². The molecule has 0 spiro atoms. The summed E-state index contributed by atoms with van der Waals surface area (Å²) in [6, 6.07) is 0. The second-order valence-corrected chi connectivity index (χ2v) is 29.6. The first-order valence-corrected chi connectivity index (χ1v) is 25.3. The zero-order valence-corrected chi connectivity index (χ0v) is 28.8. The van der Waals surface area contributed by atoms with Gasteiger partial charge in [-0.2, -0.15) is 0 Å². The van der Waals surface area contributed by atoms with Crippen molar-refractivity contribution < 1.29 is 13.3 Å². The highest BCUT2D eigenvalue weighted by molar-refractivity contribution is 6.70. The molecule has 4 rings (SSSR count). The van der Waals surface area contributed by atoms with Gasteiger partial charge in [0.25, 0.3) is 0 Å². The van der Waals surface area contributed by atoms with Crippen molar-refractivity contribution in [1.29, 1.82) is 0 Å². The van der Waals surface area contributed by atoms with Crippen LogP contribution >= 0.6 is 0 Å². The fraction of sp³-hybridized carbons (Fsp3) is 0.933. The molecular weight excluding hydrogens is 493 g/mol. The highest BCUT2D eigenvalue weighted by Crippen LogP contribution is 2.67. The summed E-state index contributed by atoms with van der Waals surface area (Å²) in [7, 11) is -4.86. The smallest absolute Gasteiger partial charge is 0.184 e. The van der Waals surface area contributed by atoms with Gasteiger partial charge in [0.1, 0.15) is 0 Å². The summed E-state index contributed by atoms with van der Waals surface area (Å²) in [5.41, 5.74) is 2.25. The average molecular weight is 551 g/mol. The molecular formula is C30H58O3Si3. The number of fused-ring (bicyclic) bond motifs is 5. The van der Waals surface area contributed by atoms with Crippen LogP contribution in [-0.2, 0) is 13.3 Å². The van der Waals surface area contributed by atoms with Crippen molar-refractivity contribution in [1.82, 2.24) is 0 Å². The zero-order chi connectivity index (χ0) is 26.9. The van der Waals surface area contributed by atoms with E-state index in [4.69, 9.17) is 13.3 Å². The van der Waals surface area contributed by atoms with Crippen LogP contribution in [0.25, 0.3) is 0 Å². The van der Waals surface area contributed by atoms with Crippen LogP contribution in [0.5, 0.6) is 0 Å². The summed E-state index contributed by atoms with van der Waals surface area (Å²) in [6.45, 7) is 29.0. The summed E-state index contributed by atoms with van der Waals surface area (Å²) < 4.78 is 20.8. The molecule has 9 atom stereocenters. The number of allylic oxidation sites excluding steroid dienone is 1. The molecule has 0 bridgehead atoms. The molecule has 0 radical (unpaired) electrons. The molecule has 6 heteroatoms. The van der Waals surface area contributed by atoms with Gasteiger partial charge in [-0.1, -0.05) is 38.8 Å². The maximum absolute atomic E-state index is 7.12. The highest BCUT2D eigenvalue weighted by atomic mass is 28.4. The van der Waals surface area contributed by atoms with Crippen molar-refractivity contribution in [2.75, 3.05) is 0 Å². The lowest BCUT2D eigenvalue weighted by Crippen LogP contribution is -2.58. The normalized spacial score (nSPS) is 43.4. The first-order valence-electron chi connectivity index (χ1n) is 15.1. The topological polar surface area (TPSA) is 27.7 Å². The van der Waals surface area contributed by atoms with E-state index in [0.29, 0.717) is 29.6 Å². The molecule has 4 aliphatic rings. The van der Waals surface area contributed by atoms with E-state index in [1.807, 2.05) is 0 Å². The van der Waals surface area contributed by atoms with Crippen LogP contribution in [0.3, 0.4) is 0 Å². The first kappa shape index (κ1) is 29.3. The monoisotopic (exact) mass is 550 g/mol. The quantitative estimate of drug-likeness (QED) is 0.234. The predicted molar refractivity (Wildman–Crippen MR) is 161 cm³/mol. The lowest BCUT2D eigenvalue weighted by Gasteiger charge is -2.61. The summed E-state index contributed by atoms with van der Waals surface area (Å²) >= 11 is 0. The Labute approximate surface area is 226 Å². The van der Waals surface area contributed by atoms with E-state index in [-0.39, 0.29) is 5.41 Å². The minimum atomic E-state index is -1.70. The third kappa shape index (κ3) is 5.60. The molecule has 36 heavy (non-hydrogen) atoms. The summed E-state index contributed by atoms with van der Waals surface area (Å²) in [4.78, 5) is 0. The van der Waals surface area contributed by atoms with Gasteiger partial charge in [-0.05, 0) is 127 Å². The first-order chi connectivity index (χ1) is 16.4. The molecule has 0 heterocycles. The van der Waals surface area contributed by atoms with Crippen LogP contribution in [0.1, 0.15) is 65.7 Å². The number of hydrogen-bond donors (Lipinski definition) is 0. The molecule has 0 amide bonds. The van der Waals surface area contributed by atoms with Crippen LogP contribution in [0.4, 0.5) is 0 Å². The van der Waals surface area contributed by atoms with Gasteiger partial charge in [0.2, 0.25) is 0 Å². The molecule has 6 unspecified atom stereocenters. The van der Waals surface area contributed by atoms with Crippen LogP contribution in [-0.4, -0.2) is 43.3 Å². The predicted octanol–water partition coefficient (Wildman–Crippen LogP) is 8.86. The number of rotatable bonds is 7. The van der Waals surface area contributed by atoms with Crippen molar-refractivity contribution >= 4 is 25.0 Å². The van der Waals surface area contributed by atoms with Gasteiger partial charge in [0.15, 0.2) is 25.0 Å². The second kappa shape index (κ2) is 9.72. The Morgan fingerprint density at radius 3 is 2.00 bits per heavy atom. The van der Waals surface area contributed by atoms with Gasteiger partial charge in [0.05, 0.1) is 12.2 Å². The van der Waals surface area contributed by atoms with Gasteiger partial charge >= 0.3 is 0 Å². The molecule has 208 valence electrons. The van der Waals surface area contributed by atoms with Gasteiger partial charge in [0, 0.05) is 11.5 Å². The number of hydrogen-bond acceptors (Lipinski definition) is 3. The molecule has 4 aliphatic carbocycles. The van der Waals surface area contributed by atoms with Crippen LogP contribution in [0, 0.1) is 34.5 Å². The lowest BCUT2D eigenvalue weighted by molar-refractivity contribution is -0.0975. The molecule has 0 aromatic carbocycles. The summed E-state index contributed by atoms with van der Waals surface area (Å²) in [6.07, 6.45) is 12.5. The second-order valence-electron chi connectivity index (χ2n) is 16.2. The molecule has 0 aromatic heterocycles. The van der Waals surface area contributed by atoms with Crippen molar-refractivity contribution in [3.8, 4) is 0 Å². The van der Waals surface area contributed by atoms with E-state index in [0.717, 1.165) is 30.6 Å². The molecule has 0 N–H and O–H groups in total. The van der Waals surface area contributed by atoms with Gasteiger partial charge < -0.3 is 13.3 Å². The van der Waals surface area contributed by atoms with Crippen molar-refractivity contribution in [2.24, 2.45) is 34.5 Å². The van der Waals surface area contributed by atoms with E-state index in [1.165, 1.54) is 32.1 Å². The van der Waals surface area contributed by atoms with Gasteiger partial charge in [-0.3, -0.25) is 0 Å². The fourth-order valence-electron chi connectivity index (χ4n) is 9.25. The van der Waals surface area contributed by atoms with Crippen LogP contribution in [0.2, 0.25) is 58.9 Å². The van der Waals surface area contributed by atoms with Crippen LogP contribution in [0.15, 0.2) is 11.6 Å². The van der Waals surface area contributed by atoms with Gasteiger partial charge in [-0.15, -0.1) is 0 Å². The Hall–Kier alpha value is 0.271. The Morgan fingerprint density at radius 2 is 1.44 bits per heavy atom. The molecule has 0 saturated heterocycles. The fourth-order valence-corrected chi connectivity index (χ4v) is 12.8.